The summed E-state index contributed by atoms with van der Waals surface area (Å²) in [7, 11) is 0. The zero-order valence-electron chi connectivity index (χ0n) is 11.6. The Kier molecular flexibility index (Phi) is 5.10. The summed E-state index contributed by atoms with van der Waals surface area (Å²) in [6.45, 7) is 3.74. The van der Waals surface area contributed by atoms with E-state index < -0.39 is 0 Å². The van der Waals surface area contributed by atoms with Crippen LogP contribution >= 0.6 is 28.3 Å². The lowest BCUT2D eigenvalue weighted by atomic mass is 10.1. The molecule has 1 aromatic carbocycles. The van der Waals surface area contributed by atoms with Crippen LogP contribution in [0.2, 0.25) is 0 Å². The number of carbonyl (C=O) groups excluding carboxylic acids is 1. The molecule has 2 heterocycles. The molecule has 1 aromatic rings. The number of halogens is 2. The molecule has 0 radical (unpaired) electrons. The monoisotopic (exact) mass is 358 g/mol. The van der Waals surface area contributed by atoms with Gasteiger partial charge in [0.15, 0.2) is 0 Å². The van der Waals surface area contributed by atoms with Crippen LogP contribution in [-0.2, 0) is 0 Å². The lowest BCUT2D eigenvalue weighted by molar-refractivity contribution is 0.0748. The Balaban J connectivity index is 0.00000147. The van der Waals surface area contributed by atoms with Gasteiger partial charge < -0.3 is 10.2 Å². The van der Waals surface area contributed by atoms with E-state index in [1.807, 2.05) is 30.0 Å². The molecule has 2 unspecified atom stereocenters. The fourth-order valence-corrected chi connectivity index (χ4v) is 3.78. The van der Waals surface area contributed by atoms with Gasteiger partial charge in [0.2, 0.25) is 0 Å². The van der Waals surface area contributed by atoms with Gasteiger partial charge in [0, 0.05) is 35.2 Å². The SMILES string of the molecule is Cc1cc(Br)cc(C(=O)N2CCC3CCC(C2)N3)c1.Cl. The zero-order chi connectivity index (χ0) is 13.4. The Morgan fingerprint density at radius 1 is 1.25 bits per heavy atom. The van der Waals surface area contributed by atoms with Gasteiger partial charge in [-0.2, -0.15) is 0 Å². The van der Waals surface area contributed by atoms with E-state index >= 15 is 0 Å². The number of hydrogen-bond donors (Lipinski definition) is 1. The highest BCUT2D eigenvalue weighted by molar-refractivity contribution is 9.10. The lowest BCUT2D eigenvalue weighted by Crippen LogP contribution is -2.39. The summed E-state index contributed by atoms with van der Waals surface area (Å²) in [5.74, 6) is 0.166. The molecule has 2 bridgehead atoms. The van der Waals surface area contributed by atoms with E-state index in [0.717, 1.165) is 35.1 Å². The smallest absolute Gasteiger partial charge is 0.253 e. The average molecular weight is 360 g/mol. The second-order valence-electron chi connectivity index (χ2n) is 5.69. The number of nitrogens with one attached hydrogen (secondary N) is 1. The molecule has 5 heteroatoms. The van der Waals surface area contributed by atoms with Gasteiger partial charge in [0.05, 0.1) is 0 Å². The molecule has 1 N–H and O–H groups in total. The molecule has 0 aliphatic carbocycles. The third-order valence-electron chi connectivity index (χ3n) is 4.10. The second kappa shape index (κ2) is 6.46. The van der Waals surface area contributed by atoms with Crippen LogP contribution in [-0.4, -0.2) is 36.0 Å². The molecule has 2 fully saturated rings. The van der Waals surface area contributed by atoms with Crippen molar-refractivity contribution in [3.05, 3.63) is 33.8 Å². The van der Waals surface area contributed by atoms with Crippen LogP contribution in [0.15, 0.2) is 22.7 Å². The van der Waals surface area contributed by atoms with Crippen molar-refractivity contribution in [1.29, 1.82) is 0 Å². The van der Waals surface area contributed by atoms with Crippen molar-refractivity contribution in [3.63, 3.8) is 0 Å². The summed E-state index contributed by atoms with van der Waals surface area (Å²) in [6, 6.07) is 7.04. The van der Waals surface area contributed by atoms with Crippen LogP contribution in [0, 0.1) is 6.92 Å². The number of nitrogens with zero attached hydrogens (tertiary/aromatic N) is 1. The van der Waals surface area contributed by atoms with Crippen LogP contribution in [0.25, 0.3) is 0 Å². The van der Waals surface area contributed by atoms with Gasteiger partial charge in [0.1, 0.15) is 0 Å². The van der Waals surface area contributed by atoms with Crippen molar-refractivity contribution in [1.82, 2.24) is 10.2 Å². The first-order chi connectivity index (χ1) is 9.11. The first-order valence-corrected chi connectivity index (χ1v) is 7.73. The lowest BCUT2D eigenvalue weighted by Gasteiger charge is -2.24. The van der Waals surface area contributed by atoms with Crippen LogP contribution < -0.4 is 5.32 Å². The van der Waals surface area contributed by atoms with Gasteiger partial charge in [-0.3, -0.25) is 4.79 Å². The second-order valence-corrected chi connectivity index (χ2v) is 6.61. The zero-order valence-corrected chi connectivity index (χ0v) is 14.0. The van der Waals surface area contributed by atoms with Gasteiger partial charge in [-0.1, -0.05) is 15.9 Å². The molecular formula is C15H20BrClN2O. The molecular weight excluding hydrogens is 340 g/mol. The molecule has 0 saturated carbocycles. The fraction of sp³-hybridized carbons (Fsp3) is 0.533. The van der Waals surface area contributed by atoms with Crippen molar-refractivity contribution < 1.29 is 4.79 Å². The quantitative estimate of drug-likeness (QED) is 0.835. The van der Waals surface area contributed by atoms with E-state index in [1.165, 1.54) is 12.8 Å². The summed E-state index contributed by atoms with van der Waals surface area (Å²) < 4.78 is 0.977. The van der Waals surface area contributed by atoms with Crippen molar-refractivity contribution in [2.24, 2.45) is 0 Å². The largest absolute Gasteiger partial charge is 0.337 e. The van der Waals surface area contributed by atoms with Gasteiger partial charge in [0.25, 0.3) is 5.91 Å². The highest BCUT2D eigenvalue weighted by atomic mass is 79.9. The maximum absolute atomic E-state index is 12.6. The highest BCUT2D eigenvalue weighted by Crippen LogP contribution is 2.23. The number of benzene rings is 1. The number of rotatable bonds is 1. The number of hydrogen-bond acceptors (Lipinski definition) is 2. The molecule has 1 amide bonds. The van der Waals surface area contributed by atoms with Gasteiger partial charge in [-0.25, -0.2) is 0 Å². The fourth-order valence-electron chi connectivity index (χ4n) is 3.17. The van der Waals surface area contributed by atoms with E-state index in [4.69, 9.17) is 0 Å². The third kappa shape index (κ3) is 3.35. The summed E-state index contributed by atoms with van der Waals surface area (Å²) >= 11 is 3.47. The summed E-state index contributed by atoms with van der Waals surface area (Å²) in [6.07, 6.45) is 3.55. The standard InChI is InChI=1S/C15H19BrN2O.ClH/c1-10-6-11(8-12(16)7-10)15(19)18-5-4-13-2-3-14(9-18)17-13;/h6-8,13-14,17H,2-5,9H2,1H3;1H. The Morgan fingerprint density at radius 3 is 2.75 bits per heavy atom. The maximum Gasteiger partial charge on any atom is 0.253 e. The molecule has 20 heavy (non-hydrogen) atoms. The predicted octanol–water partition coefficient (Wildman–Crippen LogP) is 3.15. The number of fused-ring (bicyclic) bond motifs is 2. The minimum atomic E-state index is 0. The number of likely N-dealkylation sites (tertiary alicyclic amines) is 1. The first kappa shape index (κ1) is 15.8. The Bertz CT molecular complexity index is 488. The summed E-state index contributed by atoms with van der Waals surface area (Å²) in [4.78, 5) is 14.6. The van der Waals surface area contributed by atoms with E-state index in [-0.39, 0.29) is 18.3 Å². The van der Waals surface area contributed by atoms with E-state index in [0.29, 0.717) is 12.1 Å². The highest BCUT2D eigenvalue weighted by Gasteiger charge is 2.31. The molecule has 2 aliphatic heterocycles. The number of carbonyl (C=O) groups is 1. The molecule has 2 atom stereocenters. The number of amides is 1. The molecule has 110 valence electrons. The average Bonchev–Trinajstić information content (AvgIpc) is 2.67. The first-order valence-electron chi connectivity index (χ1n) is 6.94. The maximum atomic E-state index is 12.6. The van der Waals surface area contributed by atoms with Crippen molar-refractivity contribution in [3.8, 4) is 0 Å². The molecule has 2 saturated heterocycles. The number of aryl methyl sites for hydroxylation is 1. The van der Waals surface area contributed by atoms with Gasteiger partial charge in [-0.15, -0.1) is 12.4 Å². The van der Waals surface area contributed by atoms with E-state index in [1.54, 1.807) is 0 Å². The van der Waals surface area contributed by atoms with Crippen LogP contribution in [0.5, 0.6) is 0 Å². The van der Waals surface area contributed by atoms with Crippen molar-refractivity contribution >= 4 is 34.2 Å². The summed E-state index contributed by atoms with van der Waals surface area (Å²) in [5, 5.41) is 3.61. The van der Waals surface area contributed by atoms with Gasteiger partial charge in [-0.05, 0) is 49.9 Å². The minimum Gasteiger partial charge on any atom is -0.337 e. The minimum absolute atomic E-state index is 0. The Morgan fingerprint density at radius 2 is 2.00 bits per heavy atom. The predicted molar refractivity (Wildman–Crippen MR) is 86.6 cm³/mol. The van der Waals surface area contributed by atoms with Crippen LogP contribution in [0.3, 0.4) is 0 Å². The topological polar surface area (TPSA) is 32.3 Å². The Hall–Kier alpha value is -0.580. The van der Waals surface area contributed by atoms with E-state index in [2.05, 4.69) is 21.2 Å². The molecule has 0 spiro atoms. The molecule has 0 aromatic heterocycles. The van der Waals surface area contributed by atoms with Gasteiger partial charge >= 0.3 is 0 Å². The van der Waals surface area contributed by atoms with Crippen LogP contribution in [0.4, 0.5) is 0 Å². The normalized spacial score (nSPS) is 25.0. The van der Waals surface area contributed by atoms with Crippen molar-refractivity contribution in [2.45, 2.75) is 38.3 Å². The third-order valence-corrected chi connectivity index (χ3v) is 4.56. The molecule has 2 aliphatic rings. The molecule has 3 rings (SSSR count). The van der Waals surface area contributed by atoms with Crippen LogP contribution in [0.1, 0.15) is 35.2 Å². The molecule has 3 nitrogen and oxygen atoms in total. The Labute approximate surface area is 134 Å². The summed E-state index contributed by atoms with van der Waals surface area (Å²) in [5.41, 5.74) is 1.91. The van der Waals surface area contributed by atoms with E-state index in [9.17, 15) is 4.79 Å². The van der Waals surface area contributed by atoms with Crippen molar-refractivity contribution in [2.75, 3.05) is 13.1 Å².